The number of piperazine rings is 1. The molecular weight excluding hydrogens is 412 g/mol. The standard InChI is InChI=1S/C19H20N4O4S2/c1-29(26,27)22-10-8-21(9-11-22)17(24)13-23-19(25)15-6-3-2-5-14(15)18(20-23)16-7-4-12-28-16/h2-7,12H,8-11,13H2,1H3. The van der Waals surface area contributed by atoms with E-state index in [0.717, 1.165) is 16.5 Å². The molecule has 0 radical (unpaired) electrons. The molecule has 1 aliphatic heterocycles. The number of sulfonamides is 1. The molecule has 8 nitrogen and oxygen atoms in total. The van der Waals surface area contributed by atoms with Crippen LogP contribution in [0.15, 0.2) is 46.6 Å². The molecule has 0 atom stereocenters. The van der Waals surface area contributed by atoms with Crippen molar-refractivity contribution in [3.8, 4) is 10.6 Å². The number of hydrogen-bond acceptors (Lipinski definition) is 6. The smallest absolute Gasteiger partial charge is 0.275 e. The highest BCUT2D eigenvalue weighted by Gasteiger charge is 2.26. The first-order valence-electron chi connectivity index (χ1n) is 9.11. The van der Waals surface area contributed by atoms with E-state index in [1.54, 1.807) is 17.0 Å². The fourth-order valence-electron chi connectivity index (χ4n) is 3.43. The molecule has 1 aromatic carbocycles. The molecule has 29 heavy (non-hydrogen) atoms. The lowest BCUT2D eigenvalue weighted by atomic mass is 10.1. The number of aromatic nitrogens is 2. The number of nitrogens with zero attached hydrogens (tertiary/aromatic N) is 4. The summed E-state index contributed by atoms with van der Waals surface area (Å²) in [5, 5.41) is 7.70. The van der Waals surface area contributed by atoms with E-state index in [2.05, 4.69) is 5.10 Å². The zero-order chi connectivity index (χ0) is 20.6. The molecule has 1 fully saturated rings. The molecule has 0 unspecified atom stereocenters. The van der Waals surface area contributed by atoms with E-state index in [9.17, 15) is 18.0 Å². The van der Waals surface area contributed by atoms with Crippen molar-refractivity contribution in [1.29, 1.82) is 0 Å². The highest BCUT2D eigenvalue weighted by atomic mass is 32.2. The Bertz CT molecular complexity index is 1210. The minimum atomic E-state index is -3.27. The van der Waals surface area contributed by atoms with Gasteiger partial charge < -0.3 is 4.90 Å². The van der Waals surface area contributed by atoms with E-state index in [0.29, 0.717) is 24.2 Å². The summed E-state index contributed by atoms with van der Waals surface area (Å²) < 4.78 is 25.8. The maximum atomic E-state index is 12.9. The second-order valence-corrected chi connectivity index (χ2v) is 9.81. The van der Waals surface area contributed by atoms with Crippen LogP contribution < -0.4 is 5.56 Å². The third-order valence-electron chi connectivity index (χ3n) is 4.97. The number of rotatable bonds is 4. The molecule has 0 spiro atoms. The van der Waals surface area contributed by atoms with E-state index < -0.39 is 10.0 Å². The molecule has 4 rings (SSSR count). The van der Waals surface area contributed by atoms with Crippen molar-refractivity contribution >= 4 is 38.0 Å². The Labute approximate surface area is 172 Å². The predicted molar refractivity (Wildman–Crippen MR) is 112 cm³/mol. The molecule has 0 saturated carbocycles. The van der Waals surface area contributed by atoms with Gasteiger partial charge in [-0.05, 0) is 17.5 Å². The van der Waals surface area contributed by atoms with Crippen LogP contribution in [0.4, 0.5) is 0 Å². The predicted octanol–water partition coefficient (Wildman–Crippen LogP) is 1.23. The van der Waals surface area contributed by atoms with Gasteiger partial charge in [0.05, 0.1) is 16.5 Å². The van der Waals surface area contributed by atoms with E-state index >= 15 is 0 Å². The summed E-state index contributed by atoms with van der Waals surface area (Å²) in [7, 11) is -3.27. The lowest BCUT2D eigenvalue weighted by molar-refractivity contribution is -0.133. The second-order valence-electron chi connectivity index (χ2n) is 6.88. The molecule has 0 bridgehead atoms. The lowest BCUT2D eigenvalue weighted by Crippen LogP contribution is -2.51. The van der Waals surface area contributed by atoms with Crippen molar-refractivity contribution in [2.75, 3.05) is 32.4 Å². The van der Waals surface area contributed by atoms with Crippen LogP contribution in [0.5, 0.6) is 0 Å². The minimum absolute atomic E-state index is 0.180. The number of amides is 1. The molecule has 152 valence electrons. The average molecular weight is 433 g/mol. The lowest BCUT2D eigenvalue weighted by Gasteiger charge is -2.33. The number of carbonyl (C=O) groups excluding carboxylic acids is 1. The Morgan fingerprint density at radius 1 is 1.07 bits per heavy atom. The van der Waals surface area contributed by atoms with Gasteiger partial charge in [-0.1, -0.05) is 24.3 Å². The quantitative estimate of drug-likeness (QED) is 0.618. The molecule has 2 aromatic heterocycles. The van der Waals surface area contributed by atoms with Crippen molar-refractivity contribution in [3.63, 3.8) is 0 Å². The van der Waals surface area contributed by atoms with Crippen LogP contribution in [-0.2, 0) is 21.4 Å². The van der Waals surface area contributed by atoms with Crippen LogP contribution in [0.2, 0.25) is 0 Å². The van der Waals surface area contributed by atoms with E-state index in [-0.39, 0.29) is 31.1 Å². The van der Waals surface area contributed by atoms with E-state index in [1.165, 1.54) is 20.3 Å². The maximum Gasteiger partial charge on any atom is 0.275 e. The molecule has 3 aromatic rings. The largest absolute Gasteiger partial charge is 0.338 e. The van der Waals surface area contributed by atoms with Crippen molar-refractivity contribution in [2.45, 2.75) is 6.54 Å². The summed E-state index contributed by atoms with van der Waals surface area (Å²) in [6.07, 6.45) is 1.16. The van der Waals surface area contributed by atoms with Gasteiger partial charge in [0, 0.05) is 31.6 Å². The molecule has 0 N–H and O–H groups in total. The zero-order valence-electron chi connectivity index (χ0n) is 15.8. The van der Waals surface area contributed by atoms with Crippen molar-refractivity contribution in [2.24, 2.45) is 0 Å². The van der Waals surface area contributed by atoms with Crippen LogP contribution in [0, 0.1) is 0 Å². The number of benzene rings is 1. The van der Waals surface area contributed by atoms with Gasteiger partial charge in [0.25, 0.3) is 5.56 Å². The van der Waals surface area contributed by atoms with Crippen LogP contribution in [0.25, 0.3) is 21.3 Å². The Morgan fingerprint density at radius 2 is 1.76 bits per heavy atom. The number of carbonyl (C=O) groups is 1. The summed E-state index contributed by atoms with van der Waals surface area (Å²) in [6, 6.07) is 11.1. The van der Waals surface area contributed by atoms with Crippen LogP contribution in [0.3, 0.4) is 0 Å². The average Bonchev–Trinajstić information content (AvgIpc) is 3.24. The maximum absolute atomic E-state index is 12.9. The molecule has 10 heteroatoms. The van der Waals surface area contributed by atoms with Gasteiger partial charge in [-0.2, -0.15) is 9.40 Å². The molecular formula is C19H20N4O4S2. The first kappa shape index (κ1) is 19.7. The van der Waals surface area contributed by atoms with Crippen molar-refractivity contribution < 1.29 is 13.2 Å². The van der Waals surface area contributed by atoms with Crippen molar-refractivity contribution in [1.82, 2.24) is 19.0 Å². The monoisotopic (exact) mass is 432 g/mol. The van der Waals surface area contributed by atoms with Crippen LogP contribution in [0.1, 0.15) is 0 Å². The first-order valence-corrected chi connectivity index (χ1v) is 11.8. The summed E-state index contributed by atoms with van der Waals surface area (Å²) in [4.78, 5) is 28.2. The zero-order valence-corrected chi connectivity index (χ0v) is 17.4. The number of thiophene rings is 1. The van der Waals surface area contributed by atoms with Gasteiger partial charge in [-0.25, -0.2) is 13.1 Å². The van der Waals surface area contributed by atoms with Gasteiger partial charge in [-0.15, -0.1) is 11.3 Å². The van der Waals surface area contributed by atoms with Gasteiger partial charge in [-0.3, -0.25) is 9.59 Å². The highest BCUT2D eigenvalue weighted by Crippen LogP contribution is 2.28. The Morgan fingerprint density at radius 3 is 2.38 bits per heavy atom. The Kier molecular flexibility index (Phi) is 5.24. The molecule has 1 saturated heterocycles. The topological polar surface area (TPSA) is 92.6 Å². The summed E-state index contributed by atoms with van der Waals surface area (Å²) in [6.45, 7) is 0.926. The van der Waals surface area contributed by atoms with Crippen LogP contribution >= 0.6 is 11.3 Å². The number of hydrogen-bond donors (Lipinski definition) is 0. The van der Waals surface area contributed by atoms with Gasteiger partial charge in [0.2, 0.25) is 15.9 Å². The Balaban J connectivity index is 1.63. The summed E-state index contributed by atoms with van der Waals surface area (Å²) in [5.74, 6) is -0.250. The third kappa shape index (κ3) is 3.96. The first-order chi connectivity index (χ1) is 13.8. The normalized spacial score (nSPS) is 15.7. The van der Waals surface area contributed by atoms with E-state index in [1.807, 2.05) is 29.6 Å². The molecule has 0 aliphatic carbocycles. The molecule has 3 heterocycles. The van der Waals surface area contributed by atoms with Crippen LogP contribution in [-0.4, -0.2) is 65.7 Å². The summed E-state index contributed by atoms with van der Waals surface area (Å²) in [5.41, 5.74) is 0.355. The van der Waals surface area contributed by atoms with Gasteiger partial charge in [0.1, 0.15) is 12.2 Å². The van der Waals surface area contributed by atoms with Gasteiger partial charge in [0.15, 0.2) is 0 Å². The Hall–Kier alpha value is -2.56. The fourth-order valence-corrected chi connectivity index (χ4v) is 4.98. The van der Waals surface area contributed by atoms with E-state index in [4.69, 9.17) is 0 Å². The second kappa shape index (κ2) is 7.69. The van der Waals surface area contributed by atoms with Crippen molar-refractivity contribution in [3.05, 3.63) is 52.1 Å². The summed E-state index contributed by atoms with van der Waals surface area (Å²) >= 11 is 1.52. The minimum Gasteiger partial charge on any atom is -0.338 e. The molecule has 1 aliphatic rings. The molecule has 1 amide bonds. The van der Waals surface area contributed by atoms with Gasteiger partial charge >= 0.3 is 0 Å². The fraction of sp³-hybridized carbons (Fsp3) is 0.316. The SMILES string of the molecule is CS(=O)(=O)N1CCN(C(=O)Cn2nc(-c3cccs3)c3ccccc3c2=O)CC1. The third-order valence-corrected chi connectivity index (χ3v) is 7.15. The highest BCUT2D eigenvalue weighted by molar-refractivity contribution is 7.88. The number of fused-ring (bicyclic) bond motifs is 1.